The van der Waals surface area contributed by atoms with Crippen molar-refractivity contribution >= 4 is 21.9 Å². The summed E-state index contributed by atoms with van der Waals surface area (Å²) >= 11 is 0. The Morgan fingerprint density at radius 1 is 1.14 bits per heavy atom. The van der Waals surface area contributed by atoms with Gasteiger partial charge in [-0.2, -0.15) is 0 Å². The number of nitrogens with zero attached hydrogens (tertiary/aromatic N) is 1. The number of aromatic amines is 2. The molecule has 2 N–H and O–H groups in total. The van der Waals surface area contributed by atoms with Gasteiger partial charge in [-0.05, 0) is 26.0 Å². The van der Waals surface area contributed by atoms with Gasteiger partial charge in [0.1, 0.15) is 11.3 Å². The van der Waals surface area contributed by atoms with E-state index in [0.717, 1.165) is 22.4 Å². The van der Waals surface area contributed by atoms with E-state index in [1.54, 1.807) is 0 Å². The van der Waals surface area contributed by atoms with Gasteiger partial charge in [-0.15, -0.1) is 0 Å². The molecular weight excluding hydrogens is 174 g/mol. The quantitative estimate of drug-likeness (QED) is 0.555. The summed E-state index contributed by atoms with van der Waals surface area (Å²) in [7, 11) is 0. The highest BCUT2D eigenvalue weighted by atomic mass is 14.9. The molecule has 3 aromatic rings. The van der Waals surface area contributed by atoms with Crippen molar-refractivity contribution in [1.29, 1.82) is 0 Å². The second-order valence-corrected chi connectivity index (χ2v) is 3.70. The fraction of sp³-hybridized carbons (Fsp3) is 0.182. The third-order valence-corrected chi connectivity index (χ3v) is 2.50. The van der Waals surface area contributed by atoms with Crippen LogP contribution in [0.2, 0.25) is 0 Å². The fourth-order valence-corrected chi connectivity index (χ4v) is 1.93. The number of fused-ring (bicyclic) bond motifs is 3. The van der Waals surface area contributed by atoms with Crippen molar-refractivity contribution in [1.82, 2.24) is 15.0 Å². The van der Waals surface area contributed by atoms with Crippen molar-refractivity contribution in [2.24, 2.45) is 0 Å². The lowest BCUT2D eigenvalue weighted by Crippen LogP contribution is -1.73. The van der Waals surface area contributed by atoms with E-state index in [-0.39, 0.29) is 0 Å². The first kappa shape index (κ1) is 7.62. The van der Waals surface area contributed by atoms with Crippen LogP contribution in [0.25, 0.3) is 21.9 Å². The van der Waals surface area contributed by atoms with Gasteiger partial charge < -0.3 is 9.97 Å². The molecule has 14 heavy (non-hydrogen) atoms. The molecule has 3 heteroatoms. The molecule has 0 spiro atoms. The predicted octanol–water partition coefficient (Wildman–Crippen LogP) is 2.66. The molecule has 0 unspecified atom stereocenters. The van der Waals surface area contributed by atoms with Crippen LogP contribution in [-0.4, -0.2) is 15.0 Å². The highest BCUT2D eigenvalue weighted by molar-refractivity contribution is 6.02. The summed E-state index contributed by atoms with van der Waals surface area (Å²) in [4.78, 5) is 11.0. The van der Waals surface area contributed by atoms with Gasteiger partial charge in [-0.3, -0.25) is 0 Å². The zero-order valence-electron chi connectivity index (χ0n) is 8.18. The lowest BCUT2D eigenvalue weighted by atomic mass is 10.2. The van der Waals surface area contributed by atoms with E-state index in [9.17, 15) is 0 Å². The molecule has 0 radical (unpaired) electrons. The van der Waals surface area contributed by atoms with Gasteiger partial charge in [0.05, 0.1) is 11.0 Å². The van der Waals surface area contributed by atoms with E-state index >= 15 is 0 Å². The SMILES string of the molecule is Cc1cc2ccc3[nH]c(C)nc3c2[nH]1. The van der Waals surface area contributed by atoms with Crippen LogP contribution in [0, 0.1) is 13.8 Å². The number of imidazole rings is 1. The smallest absolute Gasteiger partial charge is 0.113 e. The number of rotatable bonds is 0. The molecular formula is C11H11N3. The maximum absolute atomic E-state index is 4.47. The topological polar surface area (TPSA) is 44.5 Å². The molecule has 0 amide bonds. The van der Waals surface area contributed by atoms with Crippen LogP contribution < -0.4 is 0 Å². The van der Waals surface area contributed by atoms with Crippen LogP contribution in [0.4, 0.5) is 0 Å². The van der Waals surface area contributed by atoms with Crippen LogP contribution in [0.5, 0.6) is 0 Å². The number of H-pyrrole nitrogens is 2. The standard InChI is InChI=1S/C11H11N3/c1-6-5-8-3-4-9-11(10(8)12-6)14-7(2)13-9/h3-5,12H,1-2H3,(H,13,14). The molecule has 0 aliphatic carbocycles. The van der Waals surface area contributed by atoms with E-state index in [2.05, 4.69) is 40.1 Å². The molecule has 3 rings (SSSR count). The highest BCUT2D eigenvalue weighted by Crippen LogP contribution is 2.23. The Bertz CT molecular complexity index is 560. The monoisotopic (exact) mass is 185 g/mol. The fourth-order valence-electron chi connectivity index (χ4n) is 1.93. The van der Waals surface area contributed by atoms with Crippen molar-refractivity contribution in [3.05, 3.63) is 29.7 Å². The van der Waals surface area contributed by atoms with Crippen molar-refractivity contribution < 1.29 is 0 Å². The Hall–Kier alpha value is -1.77. The second-order valence-electron chi connectivity index (χ2n) is 3.70. The normalized spacial score (nSPS) is 11.6. The lowest BCUT2D eigenvalue weighted by molar-refractivity contribution is 1.17. The Morgan fingerprint density at radius 2 is 2.00 bits per heavy atom. The average Bonchev–Trinajstić information content (AvgIpc) is 2.65. The molecule has 0 atom stereocenters. The summed E-state index contributed by atoms with van der Waals surface area (Å²) in [5, 5.41) is 1.22. The lowest BCUT2D eigenvalue weighted by Gasteiger charge is -1.90. The molecule has 2 heterocycles. The maximum Gasteiger partial charge on any atom is 0.113 e. The summed E-state index contributed by atoms with van der Waals surface area (Å²) < 4.78 is 0. The molecule has 3 nitrogen and oxygen atoms in total. The minimum Gasteiger partial charge on any atom is -0.357 e. The molecule has 1 aromatic carbocycles. The zero-order chi connectivity index (χ0) is 9.71. The Labute approximate surface area is 81.2 Å². The molecule has 0 fully saturated rings. The van der Waals surface area contributed by atoms with Gasteiger partial charge in [-0.25, -0.2) is 4.98 Å². The first-order chi connectivity index (χ1) is 6.74. The molecule has 0 saturated carbocycles. The van der Waals surface area contributed by atoms with E-state index in [1.807, 2.05) is 6.92 Å². The van der Waals surface area contributed by atoms with Crippen molar-refractivity contribution in [3.63, 3.8) is 0 Å². The van der Waals surface area contributed by atoms with Crippen LogP contribution in [0.15, 0.2) is 18.2 Å². The molecule has 0 aliphatic heterocycles. The number of hydrogen-bond acceptors (Lipinski definition) is 1. The third kappa shape index (κ3) is 0.894. The van der Waals surface area contributed by atoms with Gasteiger partial charge in [0, 0.05) is 11.1 Å². The molecule has 70 valence electrons. The van der Waals surface area contributed by atoms with Gasteiger partial charge in [0.25, 0.3) is 0 Å². The Kier molecular flexibility index (Phi) is 1.29. The number of aryl methyl sites for hydroxylation is 2. The minimum atomic E-state index is 0.958. The summed E-state index contributed by atoms with van der Waals surface area (Å²) in [5.74, 6) is 0.958. The van der Waals surface area contributed by atoms with Crippen molar-refractivity contribution in [3.8, 4) is 0 Å². The third-order valence-electron chi connectivity index (χ3n) is 2.50. The molecule has 2 aromatic heterocycles. The van der Waals surface area contributed by atoms with Crippen LogP contribution in [-0.2, 0) is 0 Å². The predicted molar refractivity (Wildman–Crippen MR) is 57.4 cm³/mol. The zero-order valence-corrected chi connectivity index (χ0v) is 8.18. The van der Waals surface area contributed by atoms with Crippen LogP contribution >= 0.6 is 0 Å². The van der Waals surface area contributed by atoms with Gasteiger partial charge in [0.2, 0.25) is 0 Å². The molecule has 0 aliphatic rings. The van der Waals surface area contributed by atoms with Crippen molar-refractivity contribution in [2.75, 3.05) is 0 Å². The summed E-state index contributed by atoms with van der Waals surface area (Å²) in [6.07, 6.45) is 0. The molecule has 0 bridgehead atoms. The Morgan fingerprint density at radius 3 is 2.86 bits per heavy atom. The number of nitrogens with one attached hydrogen (secondary N) is 2. The second kappa shape index (κ2) is 2.38. The van der Waals surface area contributed by atoms with Gasteiger partial charge >= 0.3 is 0 Å². The van der Waals surface area contributed by atoms with Gasteiger partial charge in [-0.1, -0.05) is 6.07 Å². The minimum absolute atomic E-state index is 0.958. The van der Waals surface area contributed by atoms with Crippen molar-refractivity contribution in [2.45, 2.75) is 13.8 Å². The number of hydrogen-bond donors (Lipinski definition) is 2. The highest BCUT2D eigenvalue weighted by Gasteiger charge is 2.05. The van der Waals surface area contributed by atoms with E-state index in [4.69, 9.17) is 0 Å². The van der Waals surface area contributed by atoms with E-state index < -0.39 is 0 Å². The number of benzene rings is 1. The summed E-state index contributed by atoms with van der Waals surface area (Å²) in [6.45, 7) is 4.03. The Balaban J connectivity index is 2.58. The largest absolute Gasteiger partial charge is 0.357 e. The number of aromatic nitrogens is 3. The average molecular weight is 185 g/mol. The summed E-state index contributed by atoms with van der Waals surface area (Å²) in [6, 6.07) is 6.32. The van der Waals surface area contributed by atoms with Crippen LogP contribution in [0.3, 0.4) is 0 Å². The van der Waals surface area contributed by atoms with Gasteiger partial charge in [0.15, 0.2) is 0 Å². The van der Waals surface area contributed by atoms with E-state index in [0.29, 0.717) is 0 Å². The van der Waals surface area contributed by atoms with E-state index in [1.165, 1.54) is 11.1 Å². The first-order valence-corrected chi connectivity index (χ1v) is 4.69. The first-order valence-electron chi connectivity index (χ1n) is 4.69. The summed E-state index contributed by atoms with van der Waals surface area (Å²) in [5.41, 5.74) is 4.43. The molecule has 0 saturated heterocycles. The van der Waals surface area contributed by atoms with Crippen LogP contribution in [0.1, 0.15) is 11.5 Å². The maximum atomic E-state index is 4.47.